The number of ether oxygens (including phenoxy) is 1. The molecule has 0 N–H and O–H groups in total. The van der Waals surface area contributed by atoms with Crippen LogP contribution in [-0.4, -0.2) is 19.0 Å². The third-order valence-corrected chi connectivity index (χ3v) is 4.84. The lowest BCUT2D eigenvalue weighted by atomic mass is 9.61. The molecule has 0 aliphatic heterocycles. The van der Waals surface area contributed by atoms with Gasteiger partial charge in [-0.15, -0.1) is 0 Å². The number of hydrogen-bond acceptors (Lipinski definition) is 2. The van der Waals surface area contributed by atoms with E-state index in [-0.39, 0.29) is 0 Å². The zero-order chi connectivity index (χ0) is 11.5. The maximum absolute atomic E-state index is 5.22. The largest absolute Gasteiger partial charge is 0.385 e. The molecule has 0 bridgehead atoms. The first-order chi connectivity index (χ1) is 7.03. The van der Waals surface area contributed by atoms with E-state index in [4.69, 9.17) is 17.4 Å². The summed E-state index contributed by atoms with van der Waals surface area (Å²) in [6.07, 6.45) is 5.04. The van der Waals surface area contributed by atoms with Gasteiger partial charge in [-0.25, -0.2) is 0 Å². The Morgan fingerprint density at radius 3 is 2.60 bits per heavy atom. The number of hydrogen-bond donors (Lipinski definition) is 1. The summed E-state index contributed by atoms with van der Waals surface area (Å²) < 4.78 is 5.22. The van der Waals surface area contributed by atoms with Crippen LogP contribution >= 0.6 is 12.6 Å². The van der Waals surface area contributed by atoms with Gasteiger partial charge in [0.25, 0.3) is 0 Å². The molecule has 1 aliphatic carbocycles. The van der Waals surface area contributed by atoms with E-state index in [1.807, 2.05) is 0 Å². The summed E-state index contributed by atoms with van der Waals surface area (Å²) in [5.74, 6) is 1.55. The van der Waals surface area contributed by atoms with E-state index in [9.17, 15) is 0 Å². The molecule has 1 saturated carbocycles. The van der Waals surface area contributed by atoms with Crippen molar-refractivity contribution in [2.45, 2.75) is 51.7 Å². The number of thiol groups is 1. The molecule has 0 saturated heterocycles. The molecule has 15 heavy (non-hydrogen) atoms. The highest BCUT2D eigenvalue weighted by molar-refractivity contribution is 7.81. The SMILES string of the molecule is CCC1C(CCOC)C(S)CCC1(C)C. The molecule has 2 heteroatoms. The van der Waals surface area contributed by atoms with Gasteiger partial charge in [-0.3, -0.25) is 0 Å². The predicted octanol–water partition coefficient (Wildman–Crippen LogP) is 3.78. The Labute approximate surface area is 100 Å². The number of rotatable bonds is 4. The quantitative estimate of drug-likeness (QED) is 0.723. The van der Waals surface area contributed by atoms with Crippen LogP contribution in [0.15, 0.2) is 0 Å². The molecular formula is C13H26OS. The van der Waals surface area contributed by atoms with Crippen LogP contribution in [0.5, 0.6) is 0 Å². The van der Waals surface area contributed by atoms with Crippen molar-refractivity contribution in [3.05, 3.63) is 0 Å². The minimum Gasteiger partial charge on any atom is -0.385 e. The van der Waals surface area contributed by atoms with Gasteiger partial charge < -0.3 is 4.74 Å². The van der Waals surface area contributed by atoms with Crippen LogP contribution < -0.4 is 0 Å². The van der Waals surface area contributed by atoms with Crippen LogP contribution in [0.1, 0.15) is 46.5 Å². The highest BCUT2D eigenvalue weighted by Gasteiger charge is 2.41. The first-order valence-corrected chi connectivity index (χ1v) is 6.71. The smallest absolute Gasteiger partial charge is 0.0465 e. The third-order valence-electron chi connectivity index (χ3n) is 4.19. The molecule has 0 heterocycles. The molecule has 1 fully saturated rings. The summed E-state index contributed by atoms with van der Waals surface area (Å²) >= 11 is 4.76. The second-order valence-corrected chi connectivity index (χ2v) is 6.22. The summed E-state index contributed by atoms with van der Waals surface area (Å²) in [6, 6.07) is 0. The Hall–Kier alpha value is 0.310. The Kier molecular flexibility index (Phi) is 4.98. The Morgan fingerprint density at radius 2 is 2.07 bits per heavy atom. The zero-order valence-electron chi connectivity index (χ0n) is 10.6. The van der Waals surface area contributed by atoms with Gasteiger partial charge in [-0.05, 0) is 36.5 Å². The first-order valence-electron chi connectivity index (χ1n) is 6.20. The van der Waals surface area contributed by atoms with Gasteiger partial charge in [0.15, 0.2) is 0 Å². The normalized spacial score (nSPS) is 35.4. The molecule has 3 atom stereocenters. The fourth-order valence-electron chi connectivity index (χ4n) is 3.27. The highest BCUT2D eigenvalue weighted by atomic mass is 32.1. The first kappa shape index (κ1) is 13.4. The lowest BCUT2D eigenvalue weighted by Gasteiger charge is -2.47. The standard InChI is InChI=1S/C13H26OS/c1-5-11-10(7-9-14-4)12(15)6-8-13(11,2)3/h10-12,15H,5-9H2,1-4H3. The van der Waals surface area contributed by atoms with Crippen molar-refractivity contribution in [2.75, 3.05) is 13.7 Å². The lowest BCUT2D eigenvalue weighted by molar-refractivity contribution is 0.0539. The van der Waals surface area contributed by atoms with E-state index in [2.05, 4.69) is 20.8 Å². The average Bonchev–Trinajstić information content (AvgIpc) is 2.19. The number of methoxy groups -OCH3 is 1. The van der Waals surface area contributed by atoms with Crippen molar-refractivity contribution in [2.24, 2.45) is 17.3 Å². The van der Waals surface area contributed by atoms with Crippen molar-refractivity contribution in [3.63, 3.8) is 0 Å². The molecule has 1 aliphatic rings. The molecule has 1 nitrogen and oxygen atoms in total. The van der Waals surface area contributed by atoms with E-state index in [0.29, 0.717) is 10.7 Å². The second kappa shape index (κ2) is 5.58. The topological polar surface area (TPSA) is 9.23 Å². The van der Waals surface area contributed by atoms with Gasteiger partial charge in [-0.2, -0.15) is 12.6 Å². The van der Waals surface area contributed by atoms with Crippen molar-refractivity contribution in [3.8, 4) is 0 Å². The third kappa shape index (κ3) is 3.13. The summed E-state index contributed by atoms with van der Waals surface area (Å²) in [5, 5.41) is 0.582. The Balaban J connectivity index is 2.68. The van der Waals surface area contributed by atoms with E-state index < -0.39 is 0 Å². The maximum atomic E-state index is 5.22. The van der Waals surface area contributed by atoms with Crippen molar-refractivity contribution in [1.29, 1.82) is 0 Å². The van der Waals surface area contributed by atoms with Crippen LogP contribution in [-0.2, 0) is 4.74 Å². The molecule has 0 aromatic carbocycles. The van der Waals surface area contributed by atoms with Gasteiger partial charge in [0, 0.05) is 19.0 Å². The Morgan fingerprint density at radius 1 is 1.40 bits per heavy atom. The molecule has 3 unspecified atom stereocenters. The van der Waals surface area contributed by atoms with E-state index >= 15 is 0 Å². The molecule has 0 amide bonds. The minimum atomic E-state index is 0.492. The molecule has 0 spiro atoms. The molecule has 0 aromatic rings. The maximum Gasteiger partial charge on any atom is 0.0465 e. The van der Waals surface area contributed by atoms with Crippen LogP contribution in [0, 0.1) is 17.3 Å². The fourth-order valence-corrected chi connectivity index (χ4v) is 3.76. The molecule has 1 rings (SSSR count). The monoisotopic (exact) mass is 230 g/mol. The van der Waals surface area contributed by atoms with E-state index in [0.717, 1.165) is 18.4 Å². The molecule has 90 valence electrons. The van der Waals surface area contributed by atoms with E-state index in [1.54, 1.807) is 7.11 Å². The minimum absolute atomic E-state index is 0.492. The van der Waals surface area contributed by atoms with Crippen LogP contribution in [0.4, 0.5) is 0 Å². The van der Waals surface area contributed by atoms with Gasteiger partial charge >= 0.3 is 0 Å². The van der Waals surface area contributed by atoms with Gasteiger partial charge in [0.1, 0.15) is 0 Å². The summed E-state index contributed by atoms with van der Waals surface area (Å²) in [6.45, 7) is 8.04. The van der Waals surface area contributed by atoms with Gasteiger partial charge in [0.2, 0.25) is 0 Å². The Bertz CT molecular complexity index is 191. The fraction of sp³-hybridized carbons (Fsp3) is 1.00. The van der Waals surface area contributed by atoms with Crippen LogP contribution in [0.3, 0.4) is 0 Å². The highest BCUT2D eigenvalue weighted by Crippen LogP contribution is 2.48. The molecule has 0 aromatic heterocycles. The van der Waals surface area contributed by atoms with E-state index in [1.165, 1.54) is 25.7 Å². The summed E-state index contributed by atoms with van der Waals surface area (Å²) in [5.41, 5.74) is 0.492. The summed E-state index contributed by atoms with van der Waals surface area (Å²) in [7, 11) is 1.79. The molecular weight excluding hydrogens is 204 g/mol. The predicted molar refractivity (Wildman–Crippen MR) is 69.6 cm³/mol. The van der Waals surface area contributed by atoms with Gasteiger partial charge in [0.05, 0.1) is 0 Å². The van der Waals surface area contributed by atoms with Crippen LogP contribution in [0.2, 0.25) is 0 Å². The van der Waals surface area contributed by atoms with Crippen molar-refractivity contribution in [1.82, 2.24) is 0 Å². The van der Waals surface area contributed by atoms with Crippen LogP contribution in [0.25, 0.3) is 0 Å². The van der Waals surface area contributed by atoms with Crippen molar-refractivity contribution < 1.29 is 4.74 Å². The zero-order valence-corrected chi connectivity index (χ0v) is 11.5. The van der Waals surface area contributed by atoms with Crippen molar-refractivity contribution >= 4 is 12.6 Å². The average molecular weight is 230 g/mol. The molecule has 0 radical (unpaired) electrons. The summed E-state index contributed by atoms with van der Waals surface area (Å²) in [4.78, 5) is 0. The second-order valence-electron chi connectivity index (χ2n) is 5.55. The lowest BCUT2D eigenvalue weighted by Crippen LogP contribution is -2.40. The van der Waals surface area contributed by atoms with Gasteiger partial charge in [-0.1, -0.05) is 27.2 Å².